The fourth-order valence-electron chi connectivity index (χ4n) is 4.36. The van der Waals surface area contributed by atoms with E-state index in [2.05, 4.69) is 4.90 Å². The molecule has 0 spiro atoms. The van der Waals surface area contributed by atoms with Crippen molar-refractivity contribution < 1.29 is 14.3 Å². The van der Waals surface area contributed by atoms with E-state index in [0.717, 1.165) is 36.2 Å². The maximum atomic E-state index is 13.1. The highest BCUT2D eigenvalue weighted by Gasteiger charge is 2.30. The number of esters is 1. The fraction of sp³-hybridized carbons (Fsp3) is 0.259. The van der Waals surface area contributed by atoms with Gasteiger partial charge in [-0.2, -0.15) is 0 Å². The summed E-state index contributed by atoms with van der Waals surface area (Å²) in [6, 6.07) is 22.0. The summed E-state index contributed by atoms with van der Waals surface area (Å²) in [4.78, 5) is 27.2. The van der Waals surface area contributed by atoms with Gasteiger partial charge in [0, 0.05) is 29.4 Å². The minimum Gasteiger partial charge on any atom is -0.465 e. The van der Waals surface area contributed by atoms with Crippen molar-refractivity contribution in [3.05, 3.63) is 88.9 Å². The van der Waals surface area contributed by atoms with Crippen molar-refractivity contribution in [3.63, 3.8) is 0 Å². The highest BCUT2D eigenvalue weighted by molar-refractivity contribution is 6.30. The highest BCUT2D eigenvalue weighted by Crippen LogP contribution is 2.27. The van der Waals surface area contributed by atoms with Crippen LogP contribution in [0.1, 0.15) is 33.6 Å². The number of benzene rings is 3. The lowest BCUT2D eigenvalue weighted by Crippen LogP contribution is -2.47. The average molecular weight is 463 g/mol. The van der Waals surface area contributed by atoms with Gasteiger partial charge in [0.15, 0.2) is 5.78 Å². The van der Waals surface area contributed by atoms with Crippen LogP contribution in [0.3, 0.4) is 0 Å². The molecule has 6 heteroatoms. The van der Waals surface area contributed by atoms with E-state index in [9.17, 15) is 9.59 Å². The first-order valence-electron chi connectivity index (χ1n) is 11.1. The molecule has 2 atom stereocenters. The van der Waals surface area contributed by atoms with Crippen LogP contribution >= 0.6 is 11.6 Å². The standard InChI is InChI=1S/C27H27ClN2O3/c1-33-27(32)21-4-2-6-24(16-21)30-15-3-5-22(17-30)25(29)26(31)20-9-7-18(8-10-20)19-11-13-23(28)14-12-19/h2,4,6-14,16,22,25H,3,5,15,17,29H2,1H3. The van der Waals surface area contributed by atoms with Gasteiger partial charge in [-0.25, -0.2) is 4.79 Å². The molecule has 33 heavy (non-hydrogen) atoms. The van der Waals surface area contributed by atoms with Gasteiger partial charge in [-0.1, -0.05) is 54.1 Å². The summed E-state index contributed by atoms with van der Waals surface area (Å²) in [5.74, 6) is -0.379. The molecule has 1 aliphatic rings. The van der Waals surface area contributed by atoms with Gasteiger partial charge in [0.1, 0.15) is 0 Å². The van der Waals surface area contributed by atoms with Crippen LogP contribution in [0.5, 0.6) is 0 Å². The van der Waals surface area contributed by atoms with Crippen LogP contribution in [0.15, 0.2) is 72.8 Å². The van der Waals surface area contributed by atoms with Gasteiger partial charge in [-0.15, -0.1) is 0 Å². The number of nitrogens with two attached hydrogens (primary N) is 1. The molecular formula is C27H27ClN2O3. The topological polar surface area (TPSA) is 72.6 Å². The molecule has 0 aliphatic carbocycles. The number of ketones is 1. The molecule has 0 bridgehead atoms. The lowest BCUT2D eigenvalue weighted by atomic mass is 9.86. The molecule has 170 valence electrons. The van der Waals surface area contributed by atoms with E-state index in [1.54, 1.807) is 6.07 Å². The Morgan fingerprint density at radius 2 is 1.67 bits per heavy atom. The van der Waals surface area contributed by atoms with Crippen molar-refractivity contribution in [2.75, 3.05) is 25.1 Å². The van der Waals surface area contributed by atoms with E-state index < -0.39 is 6.04 Å². The Morgan fingerprint density at radius 3 is 2.33 bits per heavy atom. The number of hydrogen-bond acceptors (Lipinski definition) is 5. The molecule has 1 aliphatic heterocycles. The normalized spacial score (nSPS) is 16.8. The minimum absolute atomic E-state index is 0.0315. The zero-order chi connectivity index (χ0) is 23.4. The molecule has 3 aromatic rings. The van der Waals surface area contributed by atoms with Crippen LogP contribution in [0.25, 0.3) is 11.1 Å². The predicted octanol–water partition coefficient (Wildman–Crippen LogP) is 5.22. The summed E-state index contributed by atoms with van der Waals surface area (Å²) in [7, 11) is 1.37. The molecule has 0 saturated carbocycles. The maximum absolute atomic E-state index is 13.1. The van der Waals surface area contributed by atoms with Gasteiger partial charge in [0.2, 0.25) is 0 Å². The molecule has 1 saturated heterocycles. The number of halogens is 1. The van der Waals surface area contributed by atoms with E-state index in [-0.39, 0.29) is 17.7 Å². The number of rotatable bonds is 6. The second kappa shape index (κ2) is 10.2. The quantitative estimate of drug-likeness (QED) is 0.401. The number of Topliss-reactive ketones (excluding diaryl/α,β-unsaturated/α-hetero) is 1. The summed E-state index contributed by atoms with van der Waals surface area (Å²) >= 11 is 5.97. The molecule has 3 aromatic carbocycles. The number of ether oxygens (including phenoxy) is 1. The Hall–Kier alpha value is -3.15. The number of methoxy groups -OCH3 is 1. The van der Waals surface area contributed by atoms with Crippen LogP contribution < -0.4 is 10.6 Å². The smallest absolute Gasteiger partial charge is 0.337 e. The number of hydrogen-bond donors (Lipinski definition) is 1. The Balaban J connectivity index is 1.45. The maximum Gasteiger partial charge on any atom is 0.337 e. The van der Waals surface area contributed by atoms with Crippen LogP contribution in [-0.4, -0.2) is 38.0 Å². The summed E-state index contributed by atoms with van der Waals surface area (Å²) in [5, 5.41) is 0.690. The van der Waals surface area contributed by atoms with Crippen molar-refractivity contribution in [1.82, 2.24) is 0 Å². The molecular weight excluding hydrogens is 436 g/mol. The molecule has 4 rings (SSSR count). The number of anilines is 1. The van der Waals surface area contributed by atoms with Crippen LogP contribution in [0.2, 0.25) is 5.02 Å². The van der Waals surface area contributed by atoms with Crippen molar-refractivity contribution in [3.8, 4) is 11.1 Å². The minimum atomic E-state index is -0.585. The van der Waals surface area contributed by atoms with E-state index in [0.29, 0.717) is 22.7 Å². The Bertz CT molecular complexity index is 1130. The first kappa shape index (κ1) is 23.0. The van der Waals surface area contributed by atoms with Gasteiger partial charge in [-0.3, -0.25) is 4.79 Å². The second-order valence-electron chi connectivity index (χ2n) is 8.36. The van der Waals surface area contributed by atoms with Crippen LogP contribution in [0.4, 0.5) is 5.69 Å². The molecule has 0 aromatic heterocycles. The zero-order valence-electron chi connectivity index (χ0n) is 18.5. The molecule has 1 fully saturated rings. The third kappa shape index (κ3) is 5.27. The number of carbonyl (C=O) groups is 2. The van der Waals surface area contributed by atoms with Crippen molar-refractivity contribution >= 4 is 29.0 Å². The van der Waals surface area contributed by atoms with Crippen molar-refractivity contribution in [1.29, 1.82) is 0 Å². The van der Waals surface area contributed by atoms with Gasteiger partial charge in [0.25, 0.3) is 0 Å². The van der Waals surface area contributed by atoms with Gasteiger partial charge in [0.05, 0.1) is 18.7 Å². The Labute approximate surface area is 199 Å². The summed E-state index contributed by atoms with van der Waals surface area (Å²) < 4.78 is 4.83. The third-order valence-electron chi connectivity index (χ3n) is 6.25. The summed E-state index contributed by atoms with van der Waals surface area (Å²) in [6.45, 7) is 1.53. The molecule has 1 heterocycles. The third-order valence-corrected chi connectivity index (χ3v) is 6.50. The molecule has 2 unspecified atom stereocenters. The fourth-order valence-corrected chi connectivity index (χ4v) is 4.49. The van der Waals surface area contributed by atoms with Gasteiger partial charge in [-0.05, 0) is 60.2 Å². The molecule has 0 amide bonds. The number of carbonyl (C=O) groups excluding carboxylic acids is 2. The summed E-state index contributed by atoms with van der Waals surface area (Å²) in [5.41, 5.74) is 10.6. The number of nitrogens with zero attached hydrogens (tertiary/aromatic N) is 1. The average Bonchev–Trinajstić information content (AvgIpc) is 2.88. The molecule has 2 N–H and O–H groups in total. The Kier molecular flexibility index (Phi) is 7.11. The highest BCUT2D eigenvalue weighted by atomic mass is 35.5. The van der Waals surface area contributed by atoms with Crippen molar-refractivity contribution in [2.45, 2.75) is 18.9 Å². The van der Waals surface area contributed by atoms with Gasteiger partial charge >= 0.3 is 5.97 Å². The number of piperidine rings is 1. The lowest BCUT2D eigenvalue weighted by molar-refractivity contribution is 0.0600. The van der Waals surface area contributed by atoms with E-state index in [1.165, 1.54) is 7.11 Å². The largest absolute Gasteiger partial charge is 0.465 e. The Morgan fingerprint density at radius 1 is 1.00 bits per heavy atom. The SMILES string of the molecule is COC(=O)c1cccc(N2CCCC(C(N)C(=O)c3ccc(-c4ccc(Cl)cc4)cc3)C2)c1. The van der Waals surface area contributed by atoms with E-state index in [1.807, 2.05) is 66.7 Å². The predicted molar refractivity (Wildman–Crippen MR) is 132 cm³/mol. The van der Waals surface area contributed by atoms with Crippen LogP contribution in [0, 0.1) is 5.92 Å². The van der Waals surface area contributed by atoms with Crippen molar-refractivity contribution in [2.24, 2.45) is 11.7 Å². The zero-order valence-corrected chi connectivity index (χ0v) is 19.3. The second-order valence-corrected chi connectivity index (χ2v) is 8.80. The van der Waals surface area contributed by atoms with Gasteiger partial charge < -0.3 is 15.4 Å². The lowest BCUT2D eigenvalue weighted by Gasteiger charge is -2.36. The first-order valence-corrected chi connectivity index (χ1v) is 11.4. The van der Waals surface area contributed by atoms with Crippen LogP contribution in [-0.2, 0) is 4.74 Å². The summed E-state index contributed by atoms with van der Waals surface area (Å²) in [6.07, 6.45) is 1.83. The van der Waals surface area contributed by atoms with E-state index in [4.69, 9.17) is 22.1 Å². The molecule has 0 radical (unpaired) electrons. The van der Waals surface area contributed by atoms with E-state index >= 15 is 0 Å². The first-order chi connectivity index (χ1) is 16.0. The monoisotopic (exact) mass is 462 g/mol. The molecule has 5 nitrogen and oxygen atoms in total.